The van der Waals surface area contributed by atoms with E-state index in [1.807, 2.05) is 29.2 Å². The van der Waals surface area contributed by atoms with E-state index in [0.717, 1.165) is 24.2 Å². The topological polar surface area (TPSA) is 46.3 Å². The smallest absolute Gasteiger partial charge is 0.227 e. The number of anilines is 1. The first-order chi connectivity index (χ1) is 8.08. The molecule has 1 heterocycles. The van der Waals surface area contributed by atoms with Gasteiger partial charge in [0.25, 0.3) is 0 Å². The Morgan fingerprint density at radius 3 is 2.44 bits per heavy atom. The van der Waals surface area contributed by atoms with Crippen LogP contribution >= 0.6 is 12.4 Å². The van der Waals surface area contributed by atoms with Gasteiger partial charge in [0.1, 0.15) is 0 Å². The SMILES string of the molecule is CC1CCN(C(=O)Cc2ccc(N)cc2)C1C.Cl. The van der Waals surface area contributed by atoms with E-state index in [0.29, 0.717) is 18.4 Å². The van der Waals surface area contributed by atoms with E-state index in [1.165, 1.54) is 0 Å². The van der Waals surface area contributed by atoms with E-state index >= 15 is 0 Å². The second kappa shape index (κ2) is 6.10. The third kappa shape index (κ3) is 3.16. The fraction of sp³-hybridized carbons (Fsp3) is 0.500. The van der Waals surface area contributed by atoms with Crippen LogP contribution in [0.25, 0.3) is 0 Å². The van der Waals surface area contributed by atoms with Gasteiger partial charge in [-0.1, -0.05) is 19.1 Å². The van der Waals surface area contributed by atoms with Gasteiger partial charge in [-0.2, -0.15) is 0 Å². The zero-order valence-corrected chi connectivity index (χ0v) is 11.7. The van der Waals surface area contributed by atoms with Crippen LogP contribution in [0.4, 0.5) is 5.69 Å². The molecule has 4 heteroatoms. The van der Waals surface area contributed by atoms with E-state index in [1.54, 1.807) is 0 Å². The van der Waals surface area contributed by atoms with Crippen molar-refractivity contribution in [2.75, 3.05) is 12.3 Å². The molecular formula is C14H21ClN2O. The molecule has 2 N–H and O–H groups in total. The maximum absolute atomic E-state index is 12.2. The maximum Gasteiger partial charge on any atom is 0.227 e. The van der Waals surface area contributed by atoms with Gasteiger partial charge in [-0.05, 0) is 37.0 Å². The number of amides is 1. The summed E-state index contributed by atoms with van der Waals surface area (Å²) in [7, 11) is 0. The van der Waals surface area contributed by atoms with Crippen molar-refractivity contribution in [1.29, 1.82) is 0 Å². The molecule has 2 unspecified atom stereocenters. The van der Waals surface area contributed by atoms with Crippen LogP contribution in [0.1, 0.15) is 25.8 Å². The van der Waals surface area contributed by atoms with Crippen LogP contribution in [0.15, 0.2) is 24.3 Å². The molecule has 0 spiro atoms. The monoisotopic (exact) mass is 268 g/mol. The number of likely N-dealkylation sites (tertiary alicyclic amines) is 1. The number of carbonyl (C=O) groups excluding carboxylic acids is 1. The minimum absolute atomic E-state index is 0. The molecule has 100 valence electrons. The summed E-state index contributed by atoms with van der Waals surface area (Å²) in [5.74, 6) is 0.844. The Balaban J connectivity index is 0.00000162. The van der Waals surface area contributed by atoms with Crippen LogP contribution in [0.2, 0.25) is 0 Å². The molecular weight excluding hydrogens is 248 g/mol. The molecule has 0 aliphatic carbocycles. The summed E-state index contributed by atoms with van der Waals surface area (Å²) < 4.78 is 0. The van der Waals surface area contributed by atoms with Crippen LogP contribution in [-0.4, -0.2) is 23.4 Å². The predicted molar refractivity (Wildman–Crippen MR) is 76.8 cm³/mol. The van der Waals surface area contributed by atoms with Gasteiger partial charge in [0.2, 0.25) is 5.91 Å². The number of halogens is 1. The highest BCUT2D eigenvalue weighted by Crippen LogP contribution is 2.24. The fourth-order valence-electron chi connectivity index (χ4n) is 2.36. The standard InChI is InChI=1S/C14H20N2O.ClH/c1-10-7-8-16(11(10)2)14(17)9-12-3-5-13(15)6-4-12;/h3-6,10-11H,7-9,15H2,1-2H3;1H. The Morgan fingerprint density at radius 2 is 1.94 bits per heavy atom. The van der Waals surface area contributed by atoms with Crippen molar-refractivity contribution in [3.63, 3.8) is 0 Å². The Hall–Kier alpha value is -1.22. The van der Waals surface area contributed by atoms with Crippen molar-refractivity contribution >= 4 is 24.0 Å². The third-order valence-electron chi connectivity index (χ3n) is 3.80. The number of nitrogens with zero attached hydrogens (tertiary/aromatic N) is 1. The lowest BCUT2D eigenvalue weighted by molar-refractivity contribution is -0.131. The molecule has 0 bridgehead atoms. The van der Waals surface area contributed by atoms with Crippen molar-refractivity contribution in [3.8, 4) is 0 Å². The molecule has 0 saturated carbocycles. The highest BCUT2D eigenvalue weighted by Gasteiger charge is 2.30. The van der Waals surface area contributed by atoms with E-state index in [2.05, 4.69) is 13.8 Å². The molecule has 2 rings (SSSR count). The highest BCUT2D eigenvalue weighted by atomic mass is 35.5. The summed E-state index contributed by atoms with van der Waals surface area (Å²) in [5, 5.41) is 0. The third-order valence-corrected chi connectivity index (χ3v) is 3.80. The van der Waals surface area contributed by atoms with Gasteiger partial charge < -0.3 is 10.6 Å². The predicted octanol–water partition coefficient (Wildman–Crippen LogP) is 2.49. The van der Waals surface area contributed by atoms with Crippen LogP contribution in [-0.2, 0) is 11.2 Å². The fourth-order valence-corrected chi connectivity index (χ4v) is 2.36. The van der Waals surface area contributed by atoms with Crippen molar-refractivity contribution in [2.45, 2.75) is 32.7 Å². The molecule has 1 aromatic carbocycles. The minimum atomic E-state index is 0. The molecule has 0 aromatic heterocycles. The first-order valence-corrected chi connectivity index (χ1v) is 6.22. The number of benzene rings is 1. The summed E-state index contributed by atoms with van der Waals surface area (Å²) in [4.78, 5) is 14.2. The molecule has 1 aromatic rings. The Morgan fingerprint density at radius 1 is 1.33 bits per heavy atom. The molecule has 2 atom stereocenters. The first-order valence-electron chi connectivity index (χ1n) is 6.22. The summed E-state index contributed by atoms with van der Waals surface area (Å²) >= 11 is 0. The van der Waals surface area contributed by atoms with Gasteiger partial charge in [0, 0.05) is 18.3 Å². The lowest BCUT2D eigenvalue weighted by atomic mass is 10.0. The van der Waals surface area contributed by atoms with Gasteiger partial charge in [0.15, 0.2) is 0 Å². The van der Waals surface area contributed by atoms with Gasteiger partial charge in [-0.15, -0.1) is 12.4 Å². The molecule has 1 aliphatic rings. The number of hydrogen-bond donors (Lipinski definition) is 1. The molecule has 18 heavy (non-hydrogen) atoms. The van der Waals surface area contributed by atoms with Gasteiger partial charge in [0.05, 0.1) is 6.42 Å². The van der Waals surface area contributed by atoms with Crippen molar-refractivity contribution in [2.24, 2.45) is 5.92 Å². The van der Waals surface area contributed by atoms with E-state index in [4.69, 9.17) is 5.73 Å². The number of carbonyl (C=O) groups is 1. The molecule has 1 amide bonds. The Kier molecular flexibility index (Phi) is 5.03. The zero-order valence-electron chi connectivity index (χ0n) is 10.9. The minimum Gasteiger partial charge on any atom is -0.399 e. The number of hydrogen-bond acceptors (Lipinski definition) is 2. The molecule has 0 radical (unpaired) electrons. The average molecular weight is 269 g/mol. The first kappa shape index (κ1) is 14.8. The van der Waals surface area contributed by atoms with Crippen LogP contribution < -0.4 is 5.73 Å². The van der Waals surface area contributed by atoms with E-state index in [9.17, 15) is 4.79 Å². The van der Waals surface area contributed by atoms with Gasteiger partial charge in [-0.25, -0.2) is 0 Å². The summed E-state index contributed by atoms with van der Waals surface area (Å²) in [6.07, 6.45) is 1.60. The number of nitrogen functional groups attached to an aromatic ring is 1. The van der Waals surface area contributed by atoms with Gasteiger partial charge >= 0.3 is 0 Å². The number of rotatable bonds is 2. The average Bonchev–Trinajstić information content (AvgIpc) is 2.63. The molecule has 1 saturated heterocycles. The lowest BCUT2D eigenvalue weighted by Crippen LogP contribution is -2.36. The Bertz CT molecular complexity index is 405. The normalized spacial score (nSPS) is 22.7. The highest BCUT2D eigenvalue weighted by molar-refractivity contribution is 5.85. The van der Waals surface area contributed by atoms with Crippen molar-refractivity contribution in [1.82, 2.24) is 4.90 Å². The molecule has 1 aliphatic heterocycles. The van der Waals surface area contributed by atoms with E-state index < -0.39 is 0 Å². The summed E-state index contributed by atoms with van der Waals surface area (Å²) in [6.45, 7) is 5.25. The second-order valence-electron chi connectivity index (χ2n) is 5.01. The zero-order chi connectivity index (χ0) is 12.4. The quantitative estimate of drug-likeness (QED) is 0.838. The Labute approximate surface area is 115 Å². The summed E-state index contributed by atoms with van der Waals surface area (Å²) in [6, 6.07) is 7.92. The molecule has 3 nitrogen and oxygen atoms in total. The summed E-state index contributed by atoms with van der Waals surface area (Å²) in [5.41, 5.74) is 7.40. The van der Waals surface area contributed by atoms with Crippen LogP contribution in [0, 0.1) is 5.92 Å². The van der Waals surface area contributed by atoms with Crippen molar-refractivity contribution < 1.29 is 4.79 Å². The second-order valence-corrected chi connectivity index (χ2v) is 5.01. The van der Waals surface area contributed by atoms with Crippen molar-refractivity contribution in [3.05, 3.63) is 29.8 Å². The van der Waals surface area contributed by atoms with Crippen LogP contribution in [0.3, 0.4) is 0 Å². The number of nitrogens with two attached hydrogens (primary N) is 1. The van der Waals surface area contributed by atoms with Crippen LogP contribution in [0.5, 0.6) is 0 Å². The van der Waals surface area contributed by atoms with Gasteiger partial charge in [-0.3, -0.25) is 4.79 Å². The van der Waals surface area contributed by atoms with E-state index in [-0.39, 0.29) is 18.3 Å². The maximum atomic E-state index is 12.2. The lowest BCUT2D eigenvalue weighted by Gasteiger charge is -2.23. The largest absolute Gasteiger partial charge is 0.399 e. The molecule has 1 fully saturated rings.